The first-order valence-electron chi connectivity index (χ1n) is 7.17. The van der Waals surface area contributed by atoms with Crippen LogP contribution in [0.1, 0.15) is 38.5 Å². The maximum absolute atomic E-state index is 12.7. The number of ether oxygens (including phenoxy) is 1. The number of nitrogens with zero attached hydrogens (tertiary/aromatic N) is 2. The van der Waals surface area contributed by atoms with Crippen molar-refractivity contribution < 1.29 is 13.9 Å². The highest BCUT2D eigenvalue weighted by atomic mass is 35.5. The van der Waals surface area contributed by atoms with Crippen molar-refractivity contribution in [3.05, 3.63) is 18.2 Å². The number of aromatic nitrogens is 2. The molecule has 2 rings (SSSR count). The van der Waals surface area contributed by atoms with Gasteiger partial charge in [0, 0.05) is 18.3 Å². The maximum Gasteiger partial charge on any atom is 0.316 e. The molecule has 1 fully saturated rings. The van der Waals surface area contributed by atoms with Crippen molar-refractivity contribution >= 4 is 17.5 Å². The van der Waals surface area contributed by atoms with Gasteiger partial charge in [0.05, 0.1) is 12.4 Å². The van der Waals surface area contributed by atoms with Crippen molar-refractivity contribution in [3.8, 4) is 6.01 Å². The van der Waals surface area contributed by atoms with E-state index in [4.69, 9.17) is 16.3 Å². The lowest BCUT2D eigenvalue weighted by atomic mass is 9.93. The summed E-state index contributed by atoms with van der Waals surface area (Å²) in [5, 5.41) is 3.01. The molecule has 1 aliphatic carbocycles. The molecule has 0 unspecified atom stereocenters. The van der Waals surface area contributed by atoms with Crippen LogP contribution in [0.4, 0.5) is 4.39 Å². The van der Waals surface area contributed by atoms with Gasteiger partial charge in [-0.25, -0.2) is 14.4 Å². The van der Waals surface area contributed by atoms with Gasteiger partial charge in [-0.3, -0.25) is 4.79 Å². The fourth-order valence-corrected chi connectivity index (χ4v) is 2.50. The molecule has 0 aromatic carbocycles. The predicted molar refractivity (Wildman–Crippen MR) is 76.8 cm³/mol. The van der Waals surface area contributed by atoms with Crippen LogP contribution in [0.3, 0.4) is 0 Å². The van der Waals surface area contributed by atoms with Crippen LogP contribution in [0, 0.1) is 5.82 Å². The second-order valence-electron chi connectivity index (χ2n) is 5.14. The van der Waals surface area contributed by atoms with Crippen LogP contribution in [0.2, 0.25) is 0 Å². The lowest BCUT2D eigenvalue weighted by Gasteiger charge is -2.28. The van der Waals surface area contributed by atoms with Gasteiger partial charge in [-0.05, 0) is 32.1 Å². The lowest BCUT2D eigenvalue weighted by molar-refractivity contribution is -0.122. The van der Waals surface area contributed by atoms with E-state index in [-0.39, 0.29) is 24.1 Å². The van der Waals surface area contributed by atoms with E-state index in [1.54, 1.807) is 0 Å². The minimum atomic E-state index is -0.481. The quantitative estimate of drug-likeness (QED) is 0.819. The average molecular weight is 316 g/mol. The summed E-state index contributed by atoms with van der Waals surface area (Å²) < 4.78 is 18.3. The number of hydrogen-bond acceptors (Lipinski definition) is 4. The highest BCUT2D eigenvalue weighted by molar-refractivity contribution is 6.17. The molecule has 1 saturated carbocycles. The largest absolute Gasteiger partial charge is 0.460 e. The monoisotopic (exact) mass is 315 g/mol. The van der Waals surface area contributed by atoms with E-state index in [9.17, 15) is 9.18 Å². The molecular formula is C14H19ClFN3O2. The van der Waals surface area contributed by atoms with Crippen LogP contribution >= 0.6 is 11.6 Å². The van der Waals surface area contributed by atoms with Crippen LogP contribution in [0.15, 0.2) is 12.4 Å². The zero-order chi connectivity index (χ0) is 15.1. The Morgan fingerprint density at radius 2 is 2.00 bits per heavy atom. The van der Waals surface area contributed by atoms with E-state index < -0.39 is 5.82 Å². The Balaban J connectivity index is 1.70. The number of hydrogen-bond donors (Lipinski definition) is 1. The third-order valence-electron chi connectivity index (χ3n) is 3.45. The molecule has 0 spiro atoms. The van der Waals surface area contributed by atoms with E-state index in [0.717, 1.165) is 38.1 Å². The van der Waals surface area contributed by atoms with Crippen LogP contribution in [0.5, 0.6) is 6.01 Å². The Bertz CT molecular complexity index is 450. The second-order valence-corrected chi connectivity index (χ2v) is 5.51. The van der Waals surface area contributed by atoms with Gasteiger partial charge in [-0.15, -0.1) is 11.6 Å². The van der Waals surface area contributed by atoms with Crippen molar-refractivity contribution in [2.75, 3.05) is 5.88 Å². The molecule has 0 atom stereocenters. The summed E-state index contributed by atoms with van der Waals surface area (Å²) in [4.78, 5) is 19.2. The van der Waals surface area contributed by atoms with Gasteiger partial charge in [0.15, 0.2) is 5.82 Å². The number of amides is 1. The normalized spacial score (nSPS) is 21.8. The highest BCUT2D eigenvalue weighted by Crippen LogP contribution is 2.22. The number of rotatable bonds is 6. The minimum Gasteiger partial charge on any atom is -0.460 e. The Labute approximate surface area is 128 Å². The second kappa shape index (κ2) is 8.12. The summed E-state index contributed by atoms with van der Waals surface area (Å²) in [5.74, 6) is 0.0821. The fraction of sp³-hybridized carbons (Fsp3) is 0.643. The Hall–Kier alpha value is -1.43. The van der Waals surface area contributed by atoms with E-state index >= 15 is 0 Å². The van der Waals surface area contributed by atoms with Gasteiger partial charge in [0.2, 0.25) is 5.91 Å². The molecule has 1 heterocycles. The zero-order valence-electron chi connectivity index (χ0n) is 11.7. The van der Waals surface area contributed by atoms with Crippen LogP contribution in [0.25, 0.3) is 0 Å². The van der Waals surface area contributed by atoms with E-state index in [1.807, 2.05) is 0 Å². The molecule has 21 heavy (non-hydrogen) atoms. The number of carbonyl (C=O) groups is 1. The SMILES string of the molecule is O=C(CCCCl)NC1CCC(Oc2ncc(F)cn2)CC1. The Morgan fingerprint density at radius 3 is 2.62 bits per heavy atom. The zero-order valence-corrected chi connectivity index (χ0v) is 12.5. The molecule has 1 aliphatic rings. The smallest absolute Gasteiger partial charge is 0.316 e. The predicted octanol–water partition coefficient (Wildman–Crippen LogP) is 2.44. The highest BCUT2D eigenvalue weighted by Gasteiger charge is 2.24. The van der Waals surface area contributed by atoms with Gasteiger partial charge in [-0.1, -0.05) is 0 Å². The summed E-state index contributed by atoms with van der Waals surface area (Å²) in [6.07, 6.45) is 6.73. The molecule has 116 valence electrons. The molecule has 7 heteroatoms. The van der Waals surface area contributed by atoms with Crippen molar-refractivity contribution in [3.63, 3.8) is 0 Å². The van der Waals surface area contributed by atoms with E-state index in [2.05, 4.69) is 15.3 Å². The molecule has 0 aliphatic heterocycles. The molecule has 0 radical (unpaired) electrons. The Kier molecular flexibility index (Phi) is 6.17. The lowest BCUT2D eigenvalue weighted by Crippen LogP contribution is -2.39. The molecular weight excluding hydrogens is 297 g/mol. The Morgan fingerprint density at radius 1 is 1.33 bits per heavy atom. The summed E-state index contributed by atoms with van der Waals surface area (Å²) in [6, 6.07) is 0.396. The van der Waals surface area contributed by atoms with Gasteiger partial charge in [0.1, 0.15) is 6.10 Å². The fourth-order valence-electron chi connectivity index (χ4n) is 2.36. The van der Waals surface area contributed by atoms with Gasteiger partial charge >= 0.3 is 6.01 Å². The number of nitrogens with one attached hydrogen (secondary N) is 1. The average Bonchev–Trinajstić information content (AvgIpc) is 2.49. The van der Waals surface area contributed by atoms with Crippen molar-refractivity contribution in [1.82, 2.24) is 15.3 Å². The molecule has 0 saturated heterocycles. The summed E-state index contributed by atoms with van der Waals surface area (Å²) in [6.45, 7) is 0. The molecule has 1 aromatic heterocycles. The molecule has 1 N–H and O–H groups in total. The van der Waals surface area contributed by atoms with Crippen LogP contribution in [-0.2, 0) is 4.79 Å². The van der Waals surface area contributed by atoms with Gasteiger partial charge in [0.25, 0.3) is 0 Å². The first-order valence-corrected chi connectivity index (χ1v) is 7.70. The standard InChI is InChI=1S/C14H19ClFN3O2/c15-7-1-2-13(20)19-11-3-5-12(6-4-11)21-14-17-8-10(16)9-18-14/h8-9,11-12H,1-7H2,(H,19,20). The first-order chi connectivity index (χ1) is 10.2. The molecule has 1 amide bonds. The number of halogens is 2. The van der Waals surface area contributed by atoms with Gasteiger partial charge in [-0.2, -0.15) is 0 Å². The summed E-state index contributed by atoms with van der Waals surface area (Å²) in [5.41, 5.74) is 0. The van der Waals surface area contributed by atoms with E-state index in [1.165, 1.54) is 0 Å². The van der Waals surface area contributed by atoms with E-state index in [0.29, 0.717) is 18.7 Å². The molecule has 1 aromatic rings. The number of alkyl halides is 1. The molecule has 5 nitrogen and oxygen atoms in total. The van der Waals surface area contributed by atoms with Crippen molar-refractivity contribution in [1.29, 1.82) is 0 Å². The van der Waals surface area contributed by atoms with Crippen LogP contribution in [-0.4, -0.2) is 33.9 Å². The molecule has 0 bridgehead atoms. The number of carbonyl (C=O) groups excluding carboxylic acids is 1. The third-order valence-corrected chi connectivity index (χ3v) is 3.71. The first kappa shape index (κ1) is 15.9. The summed E-state index contributed by atoms with van der Waals surface area (Å²) in [7, 11) is 0. The van der Waals surface area contributed by atoms with Crippen LogP contribution < -0.4 is 10.1 Å². The maximum atomic E-state index is 12.7. The summed E-state index contributed by atoms with van der Waals surface area (Å²) >= 11 is 5.56. The topological polar surface area (TPSA) is 64.1 Å². The minimum absolute atomic E-state index is 0.0199. The van der Waals surface area contributed by atoms with Crippen molar-refractivity contribution in [2.24, 2.45) is 0 Å². The third kappa shape index (κ3) is 5.46. The van der Waals surface area contributed by atoms with Gasteiger partial charge < -0.3 is 10.1 Å². The van der Waals surface area contributed by atoms with Crippen molar-refractivity contribution in [2.45, 2.75) is 50.7 Å².